The Hall–Kier alpha value is -1.61. The maximum Gasteiger partial charge on any atom is 0.241 e. The molecule has 7 nitrogen and oxygen atoms in total. The predicted octanol–water partition coefficient (Wildman–Crippen LogP) is 0.900. The first-order valence-electron chi connectivity index (χ1n) is 6.09. The number of hydrogen-bond donors (Lipinski definition) is 4. The molecule has 5 N–H and O–H groups in total. The van der Waals surface area contributed by atoms with Crippen LogP contribution in [0.5, 0.6) is 0 Å². The average molecular weight is 295 g/mol. The number of nitrogens with zero attached hydrogens (tertiary/aromatic N) is 2. The Bertz CT molecular complexity index is 531. The van der Waals surface area contributed by atoms with Crippen LogP contribution < -0.4 is 15.8 Å². The van der Waals surface area contributed by atoms with Gasteiger partial charge in [0.1, 0.15) is 0 Å². The van der Waals surface area contributed by atoms with Crippen LogP contribution in [0.15, 0.2) is 33.7 Å². The molecular weight excluding hydrogens is 278 g/mol. The van der Waals surface area contributed by atoms with Gasteiger partial charge >= 0.3 is 0 Å². The number of rotatable bonds is 7. The third-order valence-electron chi connectivity index (χ3n) is 2.57. The fourth-order valence-electron chi connectivity index (χ4n) is 1.44. The summed E-state index contributed by atoms with van der Waals surface area (Å²) in [7, 11) is 1.88. The monoisotopic (exact) mass is 295 g/mol. The van der Waals surface area contributed by atoms with Crippen molar-refractivity contribution in [1.82, 2.24) is 14.9 Å². The van der Waals surface area contributed by atoms with Gasteiger partial charge in [-0.1, -0.05) is 5.16 Å². The Morgan fingerprint density at radius 1 is 1.40 bits per heavy atom. The van der Waals surface area contributed by atoms with Gasteiger partial charge < -0.3 is 20.7 Å². The maximum absolute atomic E-state index is 8.89. The highest BCUT2D eigenvalue weighted by Gasteiger charge is 2.12. The standard InChI is InChI=1S/C12H17N5O2S/c1-14-8-2-4-9(5-3-8)20-15-6-11-16-12(17-19-11)10(13)7-18/h2-5,10,14-15,18H,6-7,13H2,1H3. The zero-order valence-electron chi connectivity index (χ0n) is 11.0. The molecule has 1 aromatic heterocycles. The van der Waals surface area contributed by atoms with Gasteiger partial charge in [0.15, 0.2) is 5.82 Å². The first-order valence-corrected chi connectivity index (χ1v) is 6.91. The van der Waals surface area contributed by atoms with E-state index < -0.39 is 6.04 Å². The average Bonchev–Trinajstić information content (AvgIpc) is 2.96. The van der Waals surface area contributed by atoms with Crippen molar-refractivity contribution in [1.29, 1.82) is 0 Å². The van der Waals surface area contributed by atoms with E-state index in [-0.39, 0.29) is 6.61 Å². The van der Waals surface area contributed by atoms with Crippen LogP contribution in [-0.2, 0) is 6.54 Å². The van der Waals surface area contributed by atoms with Crippen LogP contribution in [-0.4, -0.2) is 28.9 Å². The van der Waals surface area contributed by atoms with E-state index in [1.165, 1.54) is 11.9 Å². The van der Waals surface area contributed by atoms with E-state index in [0.717, 1.165) is 10.6 Å². The van der Waals surface area contributed by atoms with Gasteiger partial charge in [0.2, 0.25) is 5.89 Å². The fraction of sp³-hybridized carbons (Fsp3) is 0.333. The Kier molecular flexibility index (Phi) is 5.36. The maximum atomic E-state index is 8.89. The molecule has 1 unspecified atom stereocenters. The Morgan fingerprint density at radius 2 is 2.15 bits per heavy atom. The lowest BCUT2D eigenvalue weighted by molar-refractivity contribution is 0.259. The summed E-state index contributed by atoms with van der Waals surface area (Å²) in [5.74, 6) is 0.746. The highest BCUT2D eigenvalue weighted by molar-refractivity contribution is 7.97. The first kappa shape index (κ1) is 14.8. The molecule has 2 aromatic rings. The number of nitrogens with one attached hydrogen (secondary N) is 2. The van der Waals surface area contributed by atoms with Crippen LogP contribution in [0.3, 0.4) is 0 Å². The molecule has 0 saturated carbocycles. The molecule has 0 saturated heterocycles. The summed E-state index contributed by atoms with van der Waals surface area (Å²) >= 11 is 1.47. The molecule has 20 heavy (non-hydrogen) atoms. The van der Waals surface area contributed by atoms with Crippen molar-refractivity contribution in [2.75, 3.05) is 19.0 Å². The molecule has 0 aliphatic carbocycles. The molecule has 0 amide bonds. The van der Waals surface area contributed by atoms with E-state index in [4.69, 9.17) is 15.4 Å². The fourth-order valence-corrected chi connectivity index (χ4v) is 2.08. The third kappa shape index (κ3) is 3.94. The molecule has 1 atom stereocenters. The largest absolute Gasteiger partial charge is 0.394 e. The molecule has 0 bridgehead atoms. The summed E-state index contributed by atoms with van der Waals surface area (Å²) in [4.78, 5) is 5.17. The quantitative estimate of drug-likeness (QED) is 0.558. The van der Waals surface area contributed by atoms with E-state index in [2.05, 4.69) is 20.2 Å². The summed E-state index contributed by atoms with van der Waals surface area (Å²) in [6.07, 6.45) is 0. The van der Waals surface area contributed by atoms with Crippen LogP contribution in [0, 0.1) is 0 Å². The normalized spacial score (nSPS) is 12.3. The Balaban J connectivity index is 1.81. The molecule has 0 fully saturated rings. The molecule has 0 radical (unpaired) electrons. The van der Waals surface area contributed by atoms with Gasteiger partial charge in [0.25, 0.3) is 0 Å². The van der Waals surface area contributed by atoms with Gasteiger partial charge in [-0.3, -0.25) is 4.72 Å². The van der Waals surface area contributed by atoms with Crippen molar-refractivity contribution < 1.29 is 9.63 Å². The summed E-state index contributed by atoms with van der Waals surface area (Å²) in [6.45, 7) is 0.211. The third-order valence-corrected chi connectivity index (χ3v) is 3.37. The van der Waals surface area contributed by atoms with Gasteiger partial charge in [-0.2, -0.15) is 4.98 Å². The molecule has 0 aliphatic rings. The van der Waals surface area contributed by atoms with E-state index in [1.807, 2.05) is 31.3 Å². The van der Waals surface area contributed by atoms with Gasteiger partial charge in [-0.25, -0.2) is 0 Å². The van der Waals surface area contributed by atoms with Crippen molar-refractivity contribution in [2.45, 2.75) is 17.5 Å². The molecule has 8 heteroatoms. The molecule has 1 heterocycles. The minimum Gasteiger partial charge on any atom is -0.394 e. The number of hydrogen-bond acceptors (Lipinski definition) is 8. The summed E-state index contributed by atoms with van der Waals surface area (Å²) in [5.41, 5.74) is 6.65. The Labute approximate surface area is 121 Å². The molecule has 2 rings (SSSR count). The number of benzene rings is 1. The summed E-state index contributed by atoms with van der Waals surface area (Å²) < 4.78 is 8.15. The van der Waals surface area contributed by atoms with Crippen molar-refractivity contribution in [3.63, 3.8) is 0 Å². The first-order chi connectivity index (χ1) is 9.72. The lowest BCUT2D eigenvalue weighted by Gasteiger charge is -2.03. The minimum absolute atomic E-state index is 0.209. The van der Waals surface area contributed by atoms with Gasteiger partial charge in [0, 0.05) is 17.6 Å². The van der Waals surface area contributed by atoms with Crippen LogP contribution in [0.1, 0.15) is 17.8 Å². The number of aliphatic hydroxyl groups is 1. The van der Waals surface area contributed by atoms with E-state index in [1.54, 1.807) is 0 Å². The zero-order valence-corrected chi connectivity index (χ0v) is 11.9. The molecule has 0 spiro atoms. The lowest BCUT2D eigenvalue weighted by atomic mass is 10.3. The van der Waals surface area contributed by atoms with Crippen molar-refractivity contribution in [2.24, 2.45) is 5.73 Å². The van der Waals surface area contributed by atoms with Crippen LogP contribution >= 0.6 is 11.9 Å². The van der Waals surface area contributed by atoms with E-state index >= 15 is 0 Å². The van der Waals surface area contributed by atoms with Crippen LogP contribution in [0.2, 0.25) is 0 Å². The number of anilines is 1. The van der Waals surface area contributed by atoms with Crippen LogP contribution in [0.25, 0.3) is 0 Å². The second-order valence-corrected chi connectivity index (χ2v) is 5.00. The van der Waals surface area contributed by atoms with Crippen molar-refractivity contribution >= 4 is 17.6 Å². The molecular formula is C12H17N5O2S. The van der Waals surface area contributed by atoms with Gasteiger partial charge in [0.05, 0.1) is 19.2 Å². The smallest absolute Gasteiger partial charge is 0.241 e. The summed E-state index contributed by atoms with van der Waals surface area (Å²) in [6, 6.07) is 7.40. The van der Waals surface area contributed by atoms with E-state index in [0.29, 0.717) is 18.3 Å². The SMILES string of the molecule is CNc1ccc(SNCc2nc(C(N)CO)no2)cc1. The molecule has 1 aromatic carbocycles. The summed E-state index contributed by atoms with van der Waals surface area (Å²) in [5, 5.41) is 15.7. The number of nitrogens with two attached hydrogens (primary N) is 1. The Morgan fingerprint density at radius 3 is 2.80 bits per heavy atom. The lowest BCUT2D eigenvalue weighted by Crippen LogP contribution is -2.16. The topological polar surface area (TPSA) is 109 Å². The van der Waals surface area contributed by atoms with Crippen LogP contribution in [0.4, 0.5) is 5.69 Å². The molecule has 108 valence electrons. The van der Waals surface area contributed by atoms with Crippen molar-refractivity contribution in [3.8, 4) is 0 Å². The number of aromatic nitrogens is 2. The minimum atomic E-state index is -0.603. The predicted molar refractivity (Wildman–Crippen MR) is 77.0 cm³/mol. The van der Waals surface area contributed by atoms with Gasteiger partial charge in [-0.15, -0.1) is 0 Å². The zero-order chi connectivity index (χ0) is 14.4. The van der Waals surface area contributed by atoms with E-state index in [9.17, 15) is 0 Å². The highest BCUT2D eigenvalue weighted by atomic mass is 32.2. The molecule has 0 aliphatic heterocycles. The highest BCUT2D eigenvalue weighted by Crippen LogP contribution is 2.18. The second-order valence-electron chi connectivity index (χ2n) is 4.03. The number of aliphatic hydroxyl groups excluding tert-OH is 1. The van der Waals surface area contributed by atoms with Gasteiger partial charge in [-0.05, 0) is 36.2 Å². The van der Waals surface area contributed by atoms with Crippen molar-refractivity contribution in [3.05, 3.63) is 36.0 Å². The second kappa shape index (κ2) is 7.25.